The summed E-state index contributed by atoms with van der Waals surface area (Å²) in [5, 5.41) is 23.0. The quantitative estimate of drug-likeness (QED) is 0.892. The van der Waals surface area contributed by atoms with E-state index in [1.807, 2.05) is 12.5 Å². The zero-order valence-corrected chi connectivity index (χ0v) is 15.0. The number of aromatic nitrogens is 2. The number of hydrogen-bond acceptors (Lipinski definition) is 3. The molecule has 0 unspecified atom stereocenters. The highest BCUT2D eigenvalue weighted by Crippen LogP contribution is 2.60. The monoisotopic (exact) mass is 350 g/mol. The molecule has 2 atom stereocenters. The molecule has 1 aromatic heterocycles. The highest BCUT2D eigenvalue weighted by molar-refractivity contribution is 5.68. The molecule has 7 rings (SSSR count). The molecule has 5 aliphatic rings. The van der Waals surface area contributed by atoms with E-state index in [2.05, 4.69) is 33.8 Å². The van der Waals surface area contributed by atoms with E-state index in [0.717, 1.165) is 43.2 Å². The first kappa shape index (κ1) is 15.4. The highest BCUT2D eigenvalue weighted by atomic mass is 16.3. The van der Waals surface area contributed by atoms with E-state index in [-0.39, 0.29) is 17.9 Å². The van der Waals surface area contributed by atoms with Gasteiger partial charge in [-0.3, -0.25) is 0 Å². The minimum Gasteiger partial charge on any atom is -0.390 e. The molecule has 4 fully saturated rings. The van der Waals surface area contributed by atoms with Gasteiger partial charge in [-0.2, -0.15) is 0 Å². The van der Waals surface area contributed by atoms with Crippen LogP contribution in [0.3, 0.4) is 0 Å². The Labute approximate surface area is 153 Å². The van der Waals surface area contributed by atoms with Crippen molar-refractivity contribution in [1.82, 2.24) is 9.55 Å². The standard InChI is InChI=1S/C22H26N2O2/c25-21(22(26)15-6-13-5-14(8-15)9-16(22)7-13)10-19-17-3-1-2-4-18(17)20-11-23-12-24(19)20/h1-4,11-16,19,21,25-26H,5-10H2/t13?,14?,15?,16?,19-,21+,22?/m0/s1. The largest absolute Gasteiger partial charge is 0.390 e. The molecule has 4 saturated carbocycles. The molecule has 4 bridgehead atoms. The van der Waals surface area contributed by atoms with Crippen LogP contribution in [0.2, 0.25) is 0 Å². The van der Waals surface area contributed by atoms with Crippen LogP contribution in [0.25, 0.3) is 11.3 Å². The average Bonchev–Trinajstić information content (AvgIpc) is 3.22. The molecule has 2 heterocycles. The fraction of sp³-hybridized carbons (Fsp3) is 0.591. The van der Waals surface area contributed by atoms with E-state index < -0.39 is 11.7 Å². The van der Waals surface area contributed by atoms with Gasteiger partial charge in [0.1, 0.15) is 0 Å². The first-order valence-electron chi connectivity index (χ1n) is 10.2. The third-order valence-electron chi connectivity index (χ3n) is 8.02. The van der Waals surface area contributed by atoms with Crippen molar-refractivity contribution in [3.63, 3.8) is 0 Å². The Morgan fingerprint density at radius 1 is 1.08 bits per heavy atom. The molecule has 0 radical (unpaired) electrons. The Balaban J connectivity index is 1.34. The van der Waals surface area contributed by atoms with E-state index >= 15 is 0 Å². The molecule has 4 heteroatoms. The Morgan fingerprint density at radius 2 is 1.77 bits per heavy atom. The molecule has 26 heavy (non-hydrogen) atoms. The predicted molar refractivity (Wildman–Crippen MR) is 98.4 cm³/mol. The second kappa shape index (κ2) is 5.20. The van der Waals surface area contributed by atoms with Crippen molar-refractivity contribution in [2.75, 3.05) is 0 Å². The van der Waals surface area contributed by atoms with Crippen molar-refractivity contribution >= 4 is 0 Å². The van der Waals surface area contributed by atoms with E-state index in [1.165, 1.54) is 17.5 Å². The van der Waals surface area contributed by atoms with Gasteiger partial charge in [0, 0.05) is 12.0 Å². The Hall–Kier alpha value is -1.65. The van der Waals surface area contributed by atoms with Gasteiger partial charge in [0.05, 0.1) is 36.0 Å². The molecule has 2 N–H and O–H groups in total. The summed E-state index contributed by atoms with van der Waals surface area (Å²) in [6.07, 6.45) is 9.46. The maximum absolute atomic E-state index is 11.7. The molecule has 1 aliphatic heterocycles. The summed E-state index contributed by atoms with van der Waals surface area (Å²) in [6, 6.07) is 8.48. The molecule has 1 aromatic carbocycles. The fourth-order valence-corrected chi connectivity index (χ4v) is 7.06. The van der Waals surface area contributed by atoms with E-state index in [9.17, 15) is 10.2 Å². The Kier molecular flexibility index (Phi) is 3.08. The van der Waals surface area contributed by atoms with Gasteiger partial charge in [-0.25, -0.2) is 4.98 Å². The topological polar surface area (TPSA) is 58.3 Å². The van der Waals surface area contributed by atoms with Crippen LogP contribution in [-0.2, 0) is 0 Å². The summed E-state index contributed by atoms with van der Waals surface area (Å²) in [5.74, 6) is 2.15. The zero-order valence-electron chi connectivity index (χ0n) is 15.0. The second-order valence-electron chi connectivity index (χ2n) is 9.23. The molecule has 136 valence electrons. The lowest BCUT2D eigenvalue weighted by Crippen LogP contribution is -2.63. The van der Waals surface area contributed by atoms with E-state index in [0.29, 0.717) is 6.42 Å². The van der Waals surface area contributed by atoms with Crippen molar-refractivity contribution in [2.45, 2.75) is 56.3 Å². The van der Waals surface area contributed by atoms with Crippen LogP contribution in [0, 0.1) is 23.7 Å². The fourth-order valence-electron chi connectivity index (χ4n) is 7.06. The van der Waals surface area contributed by atoms with Gasteiger partial charge < -0.3 is 14.8 Å². The van der Waals surface area contributed by atoms with Gasteiger partial charge in [-0.1, -0.05) is 24.3 Å². The summed E-state index contributed by atoms with van der Waals surface area (Å²) in [4.78, 5) is 4.32. The molecule has 4 aliphatic carbocycles. The summed E-state index contributed by atoms with van der Waals surface area (Å²) < 4.78 is 2.17. The van der Waals surface area contributed by atoms with Crippen molar-refractivity contribution in [3.05, 3.63) is 42.4 Å². The third-order valence-corrected chi connectivity index (χ3v) is 8.02. The van der Waals surface area contributed by atoms with Crippen molar-refractivity contribution in [2.24, 2.45) is 23.7 Å². The SMILES string of the molecule is O[C@H](C[C@H]1c2ccccc2-c2cncn21)C1(O)C2CC3CC(C2)CC1C3. The summed E-state index contributed by atoms with van der Waals surface area (Å²) in [7, 11) is 0. The lowest BCUT2D eigenvalue weighted by atomic mass is 9.48. The van der Waals surface area contributed by atoms with Gasteiger partial charge in [0.25, 0.3) is 0 Å². The third kappa shape index (κ3) is 1.89. The van der Waals surface area contributed by atoms with Gasteiger partial charge >= 0.3 is 0 Å². The molecule has 4 nitrogen and oxygen atoms in total. The summed E-state index contributed by atoms with van der Waals surface area (Å²) in [6.45, 7) is 0. The van der Waals surface area contributed by atoms with Gasteiger partial charge in [0.15, 0.2) is 0 Å². The van der Waals surface area contributed by atoms with Gasteiger partial charge in [-0.15, -0.1) is 0 Å². The lowest BCUT2D eigenvalue weighted by Gasteiger charge is -2.60. The summed E-state index contributed by atoms with van der Waals surface area (Å²) in [5.41, 5.74) is 2.68. The molecule has 0 spiro atoms. The van der Waals surface area contributed by atoms with Crippen LogP contribution in [0.4, 0.5) is 0 Å². The smallest absolute Gasteiger partial charge is 0.0962 e. The number of aliphatic hydroxyl groups is 2. The Morgan fingerprint density at radius 3 is 2.50 bits per heavy atom. The number of rotatable bonds is 3. The molecule has 0 amide bonds. The van der Waals surface area contributed by atoms with Crippen LogP contribution >= 0.6 is 0 Å². The van der Waals surface area contributed by atoms with Crippen molar-refractivity contribution in [3.8, 4) is 11.3 Å². The number of aliphatic hydroxyl groups excluding tert-OH is 1. The number of benzene rings is 1. The van der Waals surface area contributed by atoms with Crippen LogP contribution < -0.4 is 0 Å². The number of nitrogens with zero attached hydrogens (tertiary/aromatic N) is 2. The highest BCUT2D eigenvalue weighted by Gasteiger charge is 2.59. The van der Waals surface area contributed by atoms with Crippen molar-refractivity contribution < 1.29 is 10.2 Å². The Bertz CT molecular complexity index is 829. The van der Waals surface area contributed by atoms with Crippen LogP contribution in [0.1, 0.15) is 50.1 Å². The maximum atomic E-state index is 11.7. The first-order chi connectivity index (χ1) is 12.6. The summed E-state index contributed by atoms with van der Waals surface area (Å²) >= 11 is 0. The maximum Gasteiger partial charge on any atom is 0.0962 e. The zero-order chi connectivity index (χ0) is 17.5. The van der Waals surface area contributed by atoms with Gasteiger partial charge in [0.2, 0.25) is 0 Å². The van der Waals surface area contributed by atoms with Crippen LogP contribution in [0.15, 0.2) is 36.8 Å². The second-order valence-corrected chi connectivity index (χ2v) is 9.23. The molecular formula is C22H26N2O2. The minimum absolute atomic E-state index is 0.0694. The first-order valence-corrected chi connectivity index (χ1v) is 10.2. The molecule has 0 saturated heterocycles. The number of hydrogen-bond donors (Lipinski definition) is 2. The normalized spacial score (nSPS) is 40.5. The predicted octanol–water partition coefficient (Wildman–Crippen LogP) is 3.39. The van der Waals surface area contributed by atoms with Crippen LogP contribution in [-0.4, -0.2) is 31.5 Å². The minimum atomic E-state index is -0.897. The van der Waals surface area contributed by atoms with E-state index in [1.54, 1.807) is 0 Å². The van der Waals surface area contributed by atoms with Gasteiger partial charge in [-0.05, 0) is 61.3 Å². The van der Waals surface area contributed by atoms with Crippen molar-refractivity contribution in [1.29, 1.82) is 0 Å². The number of fused-ring (bicyclic) bond motifs is 3. The average molecular weight is 350 g/mol. The van der Waals surface area contributed by atoms with Crippen LogP contribution in [0.5, 0.6) is 0 Å². The number of imidazole rings is 1. The molecular weight excluding hydrogens is 324 g/mol. The van der Waals surface area contributed by atoms with E-state index in [4.69, 9.17) is 0 Å². The molecule has 2 aromatic rings. The lowest BCUT2D eigenvalue weighted by molar-refractivity contribution is -0.223.